The third-order valence-electron chi connectivity index (χ3n) is 5.39. The minimum absolute atomic E-state index is 0.198. The first-order valence-corrected chi connectivity index (χ1v) is 11.2. The van der Waals surface area contributed by atoms with Gasteiger partial charge in [0.15, 0.2) is 6.29 Å². The summed E-state index contributed by atoms with van der Waals surface area (Å²) < 4.78 is 20.5. The normalized spacial score (nSPS) is 20.3. The van der Waals surface area contributed by atoms with Crippen molar-refractivity contribution in [1.29, 1.82) is 0 Å². The van der Waals surface area contributed by atoms with Gasteiger partial charge in [-0.25, -0.2) is 4.98 Å². The maximum Gasteiger partial charge on any atom is 0.223 e. The number of carbonyl (C=O) groups excluding carboxylic acids is 1. The minimum Gasteiger partial charge on any atom is -0.491 e. The highest BCUT2D eigenvalue weighted by atomic mass is 32.1. The monoisotopic (exact) mass is 446 g/mol. The number of nitrogens with zero attached hydrogens (tertiary/aromatic N) is 2. The predicted molar refractivity (Wildman–Crippen MR) is 122 cm³/mol. The van der Waals surface area contributed by atoms with E-state index in [1.165, 1.54) is 0 Å². The highest BCUT2D eigenvalue weighted by Crippen LogP contribution is 2.38. The van der Waals surface area contributed by atoms with Gasteiger partial charge in [-0.1, -0.05) is 42.5 Å². The van der Waals surface area contributed by atoms with Crippen molar-refractivity contribution in [3.8, 4) is 16.9 Å². The third-order valence-corrected chi connectivity index (χ3v) is 6.39. The number of aromatic nitrogens is 2. The molecule has 32 heavy (non-hydrogen) atoms. The van der Waals surface area contributed by atoms with Crippen LogP contribution in [0.1, 0.15) is 15.2 Å². The Labute approximate surface area is 190 Å². The average molecular weight is 447 g/mol. The van der Waals surface area contributed by atoms with E-state index in [0.29, 0.717) is 25.3 Å². The molecule has 0 aliphatic carbocycles. The van der Waals surface area contributed by atoms with Crippen LogP contribution in [0.3, 0.4) is 0 Å². The summed E-state index contributed by atoms with van der Waals surface area (Å²) in [6.07, 6.45) is 6.08. The van der Waals surface area contributed by atoms with Crippen LogP contribution in [0.2, 0.25) is 0 Å². The standard InChI is InChI=1S/C25H22N2O4S/c28-14-20-4-1-2-5-23(20)19-7-9-21(10-8-19)29-15-22-16-30-25(31-22,24-6-3-13-32-24)17-27-12-11-26-18-27/h1-14,18,22H,15-17H2. The molecular weight excluding hydrogens is 424 g/mol. The first-order chi connectivity index (χ1) is 15.8. The van der Waals surface area contributed by atoms with E-state index in [0.717, 1.165) is 28.0 Å². The average Bonchev–Trinajstić information content (AvgIpc) is 3.61. The van der Waals surface area contributed by atoms with Crippen molar-refractivity contribution in [2.24, 2.45) is 0 Å². The van der Waals surface area contributed by atoms with E-state index in [4.69, 9.17) is 14.2 Å². The molecule has 7 heteroatoms. The van der Waals surface area contributed by atoms with Gasteiger partial charge in [-0.15, -0.1) is 11.3 Å². The zero-order valence-corrected chi connectivity index (χ0v) is 18.1. The van der Waals surface area contributed by atoms with E-state index in [2.05, 4.69) is 4.98 Å². The number of thiophene rings is 1. The molecule has 2 unspecified atom stereocenters. The molecule has 0 saturated carbocycles. The molecule has 2 atom stereocenters. The lowest BCUT2D eigenvalue weighted by Crippen LogP contribution is -2.33. The number of rotatable bonds is 8. The summed E-state index contributed by atoms with van der Waals surface area (Å²) in [4.78, 5) is 16.4. The van der Waals surface area contributed by atoms with Crippen LogP contribution in [0, 0.1) is 0 Å². The first kappa shape index (κ1) is 20.6. The van der Waals surface area contributed by atoms with Gasteiger partial charge in [-0.05, 0) is 34.7 Å². The minimum atomic E-state index is -0.842. The Morgan fingerprint density at radius 3 is 2.78 bits per heavy atom. The summed E-state index contributed by atoms with van der Waals surface area (Å²) in [5.41, 5.74) is 2.54. The van der Waals surface area contributed by atoms with E-state index < -0.39 is 5.79 Å². The van der Waals surface area contributed by atoms with Crippen molar-refractivity contribution in [3.05, 3.63) is 95.2 Å². The fourth-order valence-corrected chi connectivity index (χ4v) is 4.65. The summed E-state index contributed by atoms with van der Waals surface area (Å²) in [7, 11) is 0. The lowest BCUT2D eigenvalue weighted by Gasteiger charge is -2.27. The smallest absolute Gasteiger partial charge is 0.223 e. The highest BCUT2D eigenvalue weighted by Gasteiger charge is 2.44. The fraction of sp³-hybridized carbons (Fsp3) is 0.200. The lowest BCUT2D eigenvalue weighted by molar-refractivity contribution is -0.186. The topological polar surface area (TPSA) is 62.6 Å². The van der Waals surface area contributed by atoms with Crippen molar-refractivity contribution in [1.82, 2.24) is 9.55 Å². The van der Waals surface area contributed by atoms with Crippen LogP contribution in [0.4, 0.5) is 0 Å². The second kappa shape index (κ2) is 9.08. The zero-order chi connectivity index (χ0) is 21.8. The number of imidazole rings is 1. The molecular formula is C25H22N2O4S. The summed E-state index contributed by atoms with van der Waals surface area (Å²) in [6.45, 7) is 1.34. The SMILES string of the molecule is O=Cc1ccccc1-c1ccc(OCC2COC(Cn3ccnc3)(c3cccs3)O2)cc1. The Morgan fingerprint density at radius 1 is 1.16 bits per heavy atom. The first-order valence-electron chi connectivity index (χ1n) is 10.3. The Balaban J connectivity index is 1.25. The molecule has 0 spiro atoms. The molecule has 4 aromatic rings. The molecule has 5 rings (SSSR count). The van der Waals surface area contributed by atoms with E-state index in [1.54, 1.807) is 23.9 Å². The van der Waals surface area contributed by atoms with Crippen LogP contribution in [-0.2, 0) is 21.8 Å². The van der Waals surface area contributed by atoms with Gasteiger partial charge in [0.2, 0.25) is 5.79 Å². The summed E-state index contributed by atoms with van der Waals surface area (Å²) in [5.74, 6) is -0.102. The van der Waals surface area contributed by atoms with Gasteiger partial charge < -0.3 is 18.8 Å². The summed E-state index contributed by atoms with van der Waals surface area (Å²) in [6, 6.07) is 19.3. The van der Waals surface area contributed by atoms with Gasteiger partial charge in [-0.2, -0.15) is 0 Å². The van der Waals surface area contributed by atoms with Gasteiger partial charge >= 0.3 is 0 Å². The second-order valence-electron chi connectivity index (χ2n) is 7.56. The third kappa shape index (κ3) is 4.23. The van der Waals surface area contributed by atoms with Gasteiger partial charge in [-0.3, -0.25) is 4.79 Å². The molecule has 3 heterocycles. The quantitative estimate of drug-likeness (QED) is 0.365. The van der Waals surface area contributed by atoms with Crippen LogP contribution < -0.4 is 4.74 Å². The summed E-state index contributed by atoms with van der Waals surface area (Å²) in [5, 5.41) is 2.02. The van der Waals surface area contributed by atoms with E-state index in [-0.39, 0.29) is 6.10 Å². The molecule has 0 bridgehead atoms. The van der Waals surface area contributed by atoms with Crippen LogP contribution in [0.5, 0.6) is 5.75 Å². The van der Waals surface area contributed by atoms with Crippen molar-refractivity contribution >= 4 is 17.6 Å². The number of hydrogen-bond donors (Lipinski definition) is 0. The van der Waals surface area contributed by atoms with Crippen molar-refractivity contribution < 1.29 is 19.0 Å². The van der Waals surface area contributed by atoms with Gasteiger partial charge in [0.1, 0.15) is 18.5 Å². The molecule has 0 amide bonds. The van der Waals surface area contributed by atoms with E-state index in [1.807, 2.05) is 76.8 Å². The molecule has 1 aliphatic rings. The molecule has 162 valence electrons. The van der Waals surface area contributed by atoms with Gasteiger partial charge in [0.05, 0.1) is 24.4 Å². The van der Waals surface area contributed by atoms with Crippen molar-refractivity contribution in [3.63, 3.8) is 0 Å². The Morgan fingerprint density at radius 2 is 2.03 bits per heavy atom. The van der Waals surface area contributed by atoms with Crippen molar-refractivity contribution in [2.75, 3.05) is 13.2 Å². The molecule has 2 aromatic heterocycles. The number of benzene rings is 2. The Hall–Kier alpha value is -3.26. The number of carbonyl (C=O) groups is 1. The van der Waals surface area contributed by atoms with Crippen LogP contribution in [0.15, 0.2) is 84.8 Å². The maximum absolute atomic E-state index is 11.3. The predicted octanol–water partition coefficient (Wildman–Crippen LogP) is 4.77. The van der Waals surface area contributed by atoms with E-state index in [9.17, 15) is 4.79 Å². The molecule has 1 fully saturated rings. The summed E-state index contributed by atoms with van der Waals surface area (Å²) >= 11 is 1.61. The molecule has 1 saturated heterocycles. The Bertz CT molecular complexity index is 1160. The molecule has 1 aliphatic heterocycles. The van der Waals surface area contributed by atoms with Crippen molar-refractivity contribution in [2.45, 2.75) is 18.4 Å². The molecule has 0 radical (unpaired) electrons. The largest absolute Gasteiger partial charge is 0.491 e. The van der Waals surface area contributed by atoms with Crippen LogP contribution in [0.25, 0.3) is 11.1 Å². The maximum atomic E-state index is 11.3. The molecule has 0 N–H and O–H groups in total. The number of hydrogen-bond acceptors (Lipinski definition) is 6. The van der Waals surface area contributed by atoms with Crippen LogP contribution in [-0.4, -0.2) is 35.2 Å². The Kier molecular flexibility index (Phi) is 5.85. The zero-order valence-electron chi connectivity index (χ0n) is 17.3. The van der Waals surface area contributed by atoms with Gasteiger partial charge in [0.25, 0.3) is 0 Å². The molecule has 6 nitrogen and oxygen atoms in total. The lowest BCUT2D eigenvalue weighted by atomic mass is 10.0. The van der Waals surface area contributed by atoms with E-state index >= 15 is 0 Å². The number of aldehydes is 1. The fourth-order valence-electron chi connectivity index (χ4n) is 3.84. The number of ether oxygens (including phenoxy) is 3. The van der Waals surface area contributed by atoms with Crippen LogP contribution >= 0.6 is 11.3 Å². The second-order valence-corrected chi connectivity index (χ2v) is 8.50. The van der Waals surface area contributed by atoms with Gasteiger partial charge in [0, 0.05) is 18.0 Å². The molecule has 2 aromatic carbocycles. The highest BCUT2D eigenvalue weighted by molar-refractivity contribution is 7.10.